The second-order valence-electron chi connectivity index (χ2n) is 6.38. The number of nitrogens with zero attached hydrogens (tertiary/aromatic N) is 2. The summed E-state index contributed by atoms with van der Waals surface area (Å²) in [5.41, 5.74) is 3.18. The fourth-order valence-corrected chi connectivity index (χ4v) is 2.69. The number of aromatic nitrogens is 2. The van der Waals surface area contributed by atoms with E-state index in [1.54, 1.807) is 24.3 Å². The van der Waals surface area contributed by atoms with E-state index in [-0.39, 0.29) is 11.5 Å². The summed E-state index contributed by atoms with van der Waals surface area (Å²) in [5, 5.41) is 3.88. The molecular weight excluding hydrogens is 362 g/mol. The Balaban J connectivity index is 1.46. The van der Waals surface area contributed by atoms with E-state index in [0.29, 0.717) is 23.7 Å². The Bertz CT molecular complexity index is 1070. The number of halogens is 2. The topological polar surface area (TPSA) is 48.2 Å². The SMILES string of the molecule is Cc1ccc(COc2ccc(-c3noc(-c4cc(F)cc(F)c4)n3)cc2)cc1. The molecule has 0 atom stereocenters. The van der Waals surface area contributed by atoms with Crippen LogP contribution in [0.4, 0.5) is 8.78 Å². The van der Waals surface area contributed by atoms with Crippen LogP contribution in [-0.2, 0) is 6.61 Å². The number of hydrogen-bond donors (Lipinski definition) is 0. The van der Waals surface area contributed by atoms with Gasteiger partial charge in [0.05, 0.1) is 0 Å². The molecule has 4 aromatic rings. The summed E-state index contributed by atoms with van der Waals surface area (Å²) in [4.78, 5) is 4.21. The first-order valence-corrected chi connectivity index (χ1v) is 8.66. The van der Waals surface area contributed by atoms with Gasteiger partial charge in [-0.2, -0.15) is 4.98 Å². The number of ether oxygens (including phenoxy) is 1. The Morgan fingerprint density at radius 3 is 2.21 bits per heavy atom. The molecule has 0 N–H and O–H groups in total. The number of aryl methyl sites for hydroxylation is 1. The van der Waals surface area contributed by atoms with Crippen LogP contribution in [0.1, 0.15) is 11.1 Å². The third kappa shape index (κ3) is 4.06. The van der Waals surface area contributed by atoms with Gasteiger partial charge in [0.15, 0.2) is 0 Å². The van der Waals surface area contributed by atoms with Crippen molar-refractivity contribution in [2.75, 3.05) is 0 Å². The summed E-state index contributed by atoms with van der Waals surface area (Å²) in [6, 6.07) is 18.4. The smallest absolute Gasteiger partial charge is 0.258 e. The van der Waals surface area contributed by atoms with Gasteiger partial charge < -0.3 is 9.26 Å². The highest BCUT2D eigenvalue weighted by atomic mass is 19.1. The fraction of sp³-hybridized carbons (Fsp3) is 0.0909. The predicted octanol–water partition coefficient (Wildman–Crippen LogP) is 5.57. The fourth-order valence-electron chi connectivity index (χ4n) is 2.69. The largest absolute Gasteiger partial charge is 0.489 e. The molecule has 4 rings (SSSR count). The summed E-state index contributed by atoms with van der Waals surface area (Å²) in [6.07, 6.45) is 0. The normalized spacial score (nSPS) is 10.8. The zero-order valence-electron chi connectivity index (χ0n) is 15.0. The van der Waals surface area contributed by atoms with Crippen LogP contribution in [-0.4, -0.2) is 10.1 Å². The molecule has 0 saturated carbocycles. The Hall–Kier alpha value is -3.54. The third-order valence-electron chi connectivity index (χ3n) is 4.17. The minimum atomic E-state index is -0.704. The third-order valence-corrected chi connectivity index (χ3v) is 4.17. The van der Waals surface area contributed by atoms with Crippen LogP contribution in [0.3, 0.4) is 0 Å². The zero-order valence-corrected chi connectivity index (χ0v) is 15.0. The molecule has 3 aromatic carbocycles. The van der Waals surface area contributed by atoms with Gasteiger partial charge in [-0.25, -0.2) is 8.78 Å². The number of benzene rings is 3. The molecule has 4 nitrogen and oxygen atoms in total. The summed E-state index contributed by atoms with van der Waals surface area (Å²) in [6.45, 7) is 2.51. The minimum absolute atomic E-state index is 0.0492. The van der Waals surface area contributed by atoms with Crippen molar-refractivity contribution in [2.45, 2.75) is 13.5 Å². The lowest BCUT2D eigenvalue weighted by atomic mass is 10.1. The number of hydrogen-bond acceptors (Lipinski definition) is 4. The Kier molecular flexibility index (Phi) is 4.85. The van der Waals surface area contributed by atoms with Crippen LogP contribution >= 0.6 is 0 Å². The van der Waals surface area contributed by atoms with E-state index in [9.17, 15) is 8.78 Å². The van der Waals surface area contributed by atoms with E-state index in [0.717, 1.165) is 23.8 Å². The molecule has 0 aliphatic rings. The molecule has 28 heavy (non-hydrogen) atoms. The monoisotopic (exact) mass is 378 g/mol. The van der Waals surface area contributed by atoms with E-state index < -0.39 is 11.6 Å². The van der Waals surface area contributed by atoms with E-state index >= 15 is 0 Å². The van der Waals surface area contributed by atoms with Gasteiger partial charge >= 0.3 is 0 Å². The molecule has 6 heteroatoms. The van der Waals surface area contributed by atoms with Crippen molar-refractivity contribution >= 4 is 0 Å². The van der Waals surface area contributed by atoms with Gasteiger partial charge in [0.2, 0.25) is 5.82 Å². The van der Waals surface area contributed by atoms with Crippen molar-refractivity contribution in [1.82, 2.24) is 10.1 Å². The van der Waals surface area contributed by atoms with E-state index in [2.05, 4.69) is 10.1 Å². The average Bonchev–Trinajstić information content (AvgIpc) is 3.18. The molecule has 1 aromatic heterocycles. The van der Waals surface area contributed by atoms with E-state index in [1.807, 2.05) is 31.2 Å². The van der Waals surface area contributed by atoms with Crippen LogP contribution in [0, 0.1) is 18.6 Å². The van der Waals surface area contributed by atoms with Crippen molar-refractivity contribution in [3.8, 4) is 28.6 Å². The quantitative estimate of drug-likeness (QED) is 0.456. The highest BCUT2D eigenvalue weighted by molar-refractivity contribution is 5.60. The van der Waals surface area contributed by atoms with Gasteiger partial charge in [-0.3, -0.25) is 0 Å². The van der Waals surface area contributed by atoms with Crippen molar-refractivity contribution in [1.29, 1.82) is 0 Å². The summed E-state index contributed by atoms with van der Waals surface area (Å²) in [5.74, 6) is -0.326. The Morgan fingerprint density at radius 2 is 1.54 bits per heavy atom. The van der Waals surface area contributed by atoms with E-state index in [4.69, 9.17) is 9.26 Å². The van der Waals surface area contributed by atoms with Crippen LogP contribution < -0.4 is 4.74 Å². The van der Waals surface area contributed by atoms with Gasteiger partial charge in [-0.05, 0) is 48.9 Å². The lowest BCUT2D eigenvalue weighted by Crippen LogP contribution is -1.95. The van der Waals surface area contributed by atoms with Crippen molar-refractivity contribution in [2.24, 2.45) is 0 Å². The molecule has 0 spiro atoms. The van der Waals surface area contributed by atoms with Crippen molar-refractivity contribution in [3.63, 3.8) is 0 Å². The highest BCUT2D eigenvalue weighted by Gasteiger charge is 2.13. The first kappa shape index (κ1) is 17.9. The first-order chi connectivity index (χ1) is 13.6. The molecule has 0 aliphatic heterocycles. The molecule has 0 fully saturated rings. The van der Waals surface area contributed by atoms with Crippen molar-refractivity contribution in [3.05, 3.63) is 89.5 Å². The molecule has 0 amide bonds. The Labute approximate surface area is 160 Å². The maximum absolute atomic E-state index is 13.4. The van der Waals surface area contributed by atoms with Crippen LogP contribution in [0.5, 0.6) is 5.75 Å². The van der Waals surface area contributed by atoms with E-state index in [1.165, 1.54) is 5.56 Å². The molecule has 0 radical (unpaired) electrons. The second-order valence-corrected chi connectivity index (χ2v) is 6.38. The summed E-state index contributed by atoms with van der Waals surface area (Å²) < 4.78 is 37.6. The molecular formula is C22H16F2N2O2. The zero-order chi connectivity index (χ0) is 19.5. The van der Waals surface area contributed by atoms with Crippen LogP contribution in [0.25, 0.3) is 22.8 Å². The predicted molar refractivity (Wildman–Crippen MR) is 101 cm³/mol. The molecule has 1 heterocycles. The lowest BCUT2D eigenvalue weighted by Gasteiger charge is -2.07. The maximum Gasteiger partial charge on any atom is 0.258 e. The van der Waals surface area contributed by atoms with Gasteiger partial charge in [-0.1, -0.05) is 35.0 Å². The van der Waals surface area contributed by atoms with Gasteiger partial charge in [0, 0.05) is 17.2 Å². The van der Waals surface area contributed by atoms with Gasteiger partial charge in [-0.15, -0.1) is 0 Å². The lowest BCUT2D eigenvalue weighted by molar-refractivity contribution is 0.306. The van der Waals surface area contributed by atoms with Gasteiger partial charge in [0.25, 0.3) is 5.89 Å². The molecule has 0 saturated heterocycles. The van der Waals surface area contributed by atoms with Crippen LogP contribution in [0.2, 0.25) is 0 Å². The average molecular weight is 378 g/mol. The maximum atomic E-state index is 13.4. The Morgan fingerprint density at radius 1 is 0.857 bits per heavy atom. The summed E-state index contributed by atoms with van der Waals surface area (Å²) in [7, 11) is 0. The van der Waals surface area contributed by atoms with Crippen molar-refractivity contribution < 1.29 is 18.0 Å². The van der Waals surface area contributed by atoms with Crippen LogP contribution in [0.15, 0.2) is 71.3 Å². The molecule has 0 unspecified atom stereocenters. The minimum Gasteiger partial charge on any atom is -0.489 e. The molecule has 0 bridgehead atoms. The standard InChI is InChI=1S/C22H16F2N2O2/c1-14-2-4-15(5-3-14)13-27-20-8-6-16(7-9-20)21-25-22(28-26-21)17-10-18(23)12-19(24)11-17/h2-12H,13H2,1H3. The highest BCUT2D eigenvalue weighted by Crippen LogP contribution is 2.25. The second kappa shape index (κ2) is 7.60. The molecule has 140 valence electrons. The first-order valence-electron chi connectivity index (χ1n) is 8.66. The molecule has 0 aliphatic carbocycles. The summed E-state index contributed by atoms with van der Waals surface area (Å²) >= 11 is 0. The number of rotatable bonds is 5. The van der Waals surface area contributed by atoms with Gasteiger partial charge in [0.1, 0.15) is 24.0 Å².